The number of rotatable bonds is 4. The number of carboxylic acid groups (broad SMARTS) is 1. The summed E-state index contributed by atoms with van der Waals surface area (Å²) < 4.78 is 229. The van der Waals surface area contributed by atoms with E-state index in [2.05, 4.69) is 9.97 Å². The summed E-state index contributed by atoms with van der Waals surface area (Å²) >= 11 is 0. The summed E-state index contributed by atoms with van der Waals surface area (Å²) in [6.07, 6.45) is -6.55. The Morgan fingerprint density at radius 2 is 1.05 bits per heavy atom. The molecule has 21 heteroatoms. The fraction of sp³-hybridized carbons (Fsp3) is 0.0455. The normalized spacial score (nSPS) is 11.9. The predicted molar refractivity (Wildman–Crippen MR) is 104 cm³/mol. The van der Waals surface area contributed by atoms with E-state index in [0.717, 1.165) is 0 Å². The average Bonchev–Trinajstić information content (AvgIpc) is 2.90. The molecule has 228 valence electrons. The highest BCUT2D eigenvalue weighted by Crippen LogP contribution is 2.51. The van der Waals surface area contributed by atoms with Gasteiger partial charge in [0.15, 0.2) is 46.5 Å². The third-order valence-corrected chi connectivity index (χ3v) is 5.64. The van der Waals surface area contributed by atoms with Gasteiger partial charge in [-0.2, -0.15) is 22.5 Å². The first-order valence-electron chi connectivity index (χ1n) is 10.3. The first kappa shape index (κ1) is 31.1. The summed E-state index contributed by atoms with van der Waals surface area (Å²) in [5, 5.41) is 7.27. The van der Waals surface area contributed by atoms with Crippen LogP contribution >= 0.6 is 0 Å². The summed E-state index contributed by atoms with van der Waals surface area (Å²) in [4.78, 5) is 16.5. The van der Waals surface area contributed by atoms with Crippen LogP contribution in [0.15, 0.2) is 0 Å². The lowest BCUT2D eigenvalue weighted by atomic mass is 9.84. The van der Waals surface area contributed by atoms with Gasteiger partial charge >= 0.3 is 6.18 Å². The Bertz CT molecular complexity index is 1860. The molecule has 1 aromatic heterocycles. The summed E-state index contributed by atoms with van der Waals surface area (Å²) in [6, 6.07) is 0. The van der Waals surface area contributed by atoms with Crippen molar-refractivity contribution >= 4 is 22.8 Å². The number of halogens is 16. The zero-order valence-electron chi connectivity index (χ0n) is 19.2. The van der Waals surface area contributed by atoms with Gasteiger partial charge in [0.2, 0.25) is 11.8 Å². The molecule has 4 rings (SSSR count). The Morgan fingerprint density at radius 3 is 1.51 bits per heavy atom. The lowest BCUT2D eigenvalue weighted by Gasteiger charge is -2.24. The third kappa shape index (κ3) is 4.49. The Balaban J connectivity index is 2.46. The predicted octanol–water partition coefficient (Wildman–Crippen LogP) is 6.45. The molecule has 0 bridgehead atoms. The molecule has 1 heterocycles. The summed E-state index contributed by atoms with van der Waals surface area (Å²) in [7, 11) is 0. The van der Waals surface area contributed by atoms with E-state index in [1.54, 1.807) is 0 Å². The van der Waals surface area contributed by atoms with Crippen LogP contribution < -0.4 is 10.5 Å². The average molecular weight is 642 g/mol. The van der Waals surface area contributed by atoms with Crippen LogP contribution in [0.2, 0.25) is 0 Å². The van der Waals surface area contributed by atoms with Crippen molar-refractivity contribution < 1.29 is 80.3 Å². The second kappa shape index (κ2) is 10.2. The number of aromatic nitrogens is 2. The summed E-state index contributed by atoms with van der Waals surface area (Å²) in [5.74, 6) is -39.5. The summed E-state index contributed by atoms with van der Waals surface area (Å²) in [5.41, 5.74) is -20.0. The van der Waals surface area contributed by atoms with Gasteiger partial charge in [-0.3, -0.25) is 0 Å². The molecule has 3 aromatic carbocycles. The van der Waals surface area contributed by atoms with Gasteiger partial charge in [-0.1, -0.05) is 8.96 Å². The topological polar surface area (TPSA) is 69.2 Å². The van der Waals surface area contributed by atoms with Crippen molar-refractivity contribution in [1.82, 2.24) is 9.97 Å². The van der Waals surface area contributed by atoms with Crippen molar-refractivity contribution in [1.29, 1.82) is 0 Å². The smallest absolute Gasteiger partial charge is 0.419 e. The largest absolute Gasteiger partial charge is 0.545 e. The van der Waals surface area contributed by atoms with Gasteiger partial charge in [0.1, 0.15) is 16.9 Å². The molecule has 0 N–H and O–H groups in total. The Hall–Kier alpha value is -4.85. The lowest BCUT2D eigenvalue weighted by molar-refractivity contribution is -0.255. The molecule has 0 aliphatic carbocycles. The van der Waals surface area contributed by atoms with Crippen molar-refractivity contribution in [3.63, 3.8) is 0 Å². The molecule has 43 heavy (non-hydrogen) atoms. The second-order valence-corrected chi connectivity index (χ2v) is 7.95. The molecule has 0 aliphatic heterocycles. The minimum absolute atomic E-state index is 2.10. The Morgan fingerprint density at radius 1 is 0.581 bits per heavy atom. The molecule has 0 amide bonds. The Kier molecular flexibility index (Phi) is 7.34. The van der Waals surface area contributed by atoms with Crippen molar-refractivity contribution in [2.75, 3.05) is 5.34 Å². The van der Waals surface area contributed by atoms with E-state index in [1.165, 1.54) is 0 Å². The van der Waals surface area contributed by atoms with E-state index in [9.17, 15) is 71.5 Å². The molecule has 4 aromatic rings. The maximum Gasteiger partial charge on any atom is 0.419 e. The van der Waals surface area contributed by atoms with Gasteiger partial charge in [-0.05, 0) is 5.34 Å². The van der Waals surface area contributed by atoms with E-state index in [-0.39, 0.29) is 0 Å². The number of carboxylic acids is 1. The van der Waals surface area contributed by atoms with Crippen molar-refractivity contribution in [3.8, 4) is 22.3 Å². The number of anilines is 1. The quantitative estimate of drug-likeness (QED) is 0.0842. The molecular weight excluding hydrogens is 642 g/mol. The van der Waals surface area contributed by atoms with Crippen LogP contribution in [0, 0.1) is 64.1 Å². The number of alkyl halides is 3. The molecule has 5 nitrogen and oxygen atoms in total. The standard InChI is InChI=1S/C22HF16N3O2/c23-8-4(11(26)17(32)18-6(8)19(33)40-21(39-18)41(37)38)2-1(3-9(24)14(29)16(31)15(30)10(3)25)5(20(42)43)12(27)13(28)7(2)22(34,35)36/h(H,42,43)/p-1. The Labute approximate surface area is 223 Å². The van der Waals surface area contributed by atoms with Crippen molar-refractivity contribution in [2.24, 2.45) is 0 Å². The molecule has 0 unspecified atom stereocenters. The van der Waals surface area contributed by atoms with Crippen LogP contribution in [0.3, 0.4) is 0 Å². The number of aromatic carboxylic acids is 1. The molecule has 0 aliphatic rings. The molecule has 0 spiro atoms. The zero-order valence-corrected chi connectivity index (χ0v) is 19.2. The maximum atomic E-state index is 15.6. The molecule has 0 saturated carbocycles. The number of carbonyl (C=O) groups excluding carboxylic acids is 1. The number of hydrogen-bond acceptors (Lipinski definition) is 5. The van der Waals surface area contributed by atoms with Crippen LogP contribution in [0.25, 0.3) is 33.2 Å². The van der Waals surface area contributed by atoms with Gasteiger partial charge in [0.25, 0.3) is 5.95 Å². The maximum absolute atomic E-state index is 15.6. The van der Waals surface area contributed by atoms with Gasteiger partial charge < -0.3 is 9.90 Å². The zero-order chi connectivity index (χ0) is 32.6. The van der Waals surface area contributed by atoms with E-state index in [0.29, 0.717) is 0 Å². The van der Waals surface area contributed by atoms with Crippen LogP contribution in [-0.4, -0.2) is 15.9 Å². The van der Waals surface area contributed by atoms with Gasteiger partial charge in [-0.25, -0.2) is 48.9 Å². The lowest BCUT2D eigenvalue weighted by Crippen LogP contribution is -2.28. The molecule has 0 radical (unpaired) electrons. The monoisotopic (exact) mass is 642 g/mol. The van der Waals surface area contributed by atoms with Crippen molar-refractivity contribution in [3.05, 3.63) is 75.2 Å². The molecule has 0 saturated heterocycles. The SMILES string of the molecule is O=C([O-])c1c(F)c(F)c(C(F)(F)F)c(-c2c(F)c(F)c3nc(N(F)F)nc(F)c3c2F)c1-c1c(F)c(F)c(F)c(F)c1F. The highest BCUT2D eigenvalue weighted by molar-refractivity contribution is 6.03. The minimum atomic E-state index is -6.55. The van der Waals surface area contributed by atoms with Gasteiger partial charge in [0, 0.05) is 16.7 Å². The van der Waals surface area contributed by atoms with E-state index in [4.69, 9.17) is 0 Å². The number of hydrogen-bond donors (Lipinski definition) is 0. The highest BCUT2D eigenvalue weighted by atomic mass is 19.4. The second-order valence-electron chi connectivity index (χ2n) is 7.95. The fourth-order valence-corrected chi connectivity index (χ4v) is 3.98. The number of benzene rings is 3. The van der Waals surface area contributed by atoms with Gasteiger partial charge in [-0.15, -0.1) is 0 Å². The molecule has 0 atom stereocenters. The van der Waals surface area contributed by atoms with Crippen LogP contribution in [0.1, 0.15) is 15.9 Å². The van der Waals surface area contributed by atoms with Crippen LogP contribution in [0.4, 0.5) is 76.4 Å². The molecule has 0 fully saturated rings. The fourth-order valence-electron chi connectivity index (χ4n) is 3.98. The summed E-state index contributed by atoms with van der Waals surface area (Å²) in [6.45, 7) is 0. The molecular formula is C22F16N3O2-. The third-order valence-electron chi connectivity index (χ3n) is 5.64. The van der Waals surface area contributed by atoms with E-state index >= 15 is 8.78 Å². The van der Waals surface area contributed by atoms with Crippen LogP contribution in [0.5, 0.6) is 0 Å². The van der Waals surface area contributed by atoms with E-state index < -0.39 is 132 Å². The highest BCUT2D eigenvalue weighted by Gasteiger charge is 2.45. The number of carbonyl (C=O) groups is 1. The van der Waals surface area contributed by atoms with Crippen molar-refractivity contribution in [2.45, 2.75) is 6.18 Å². The first-order chi connectivity index (χ1) is 19.7. The van der Waals surface area contributed by atoms with E-state index in [1.807, 2.05) is 0 Å². The number of nitrogens with zero attached hydrogens (tertiary/aromatic N) is 3. The van der Waals surface area contributed by atoms with Crippen LogP contribution in [-0.2, 0) is 6.18 Å². The minimum Gasteiger partial charge on any atom is -0.545 e. The first-order valence-corrected chi connectivity index (χ1v) is 10.3. The number of fused-ring (bicyclic) bond motifs is 1. The van der Waals surface area contributed by atoms with Gasteiger partial charge in [0.05, 0.1) is 22.5 Å².